The van der Waals surface area contributed by atoms with Gasteiger partial charge in [0.25, 0.3) is 5.91 Å². The fourth-order valence-electron chi connectivity index (χ4n) is 1.36. The summed E-state index contributed by atoms with van der Waals surface area (Å²) in [6.45, 7) is 1.86. The molecule has 88 valence electrons. The van der Waals surface area contributed by atoms with E-state index in [2.05, 4.69) is 36.2 Å². The maximum atomic E-state index is 11.8. The lowest BCUT2D eigenvalue weighted by molar-refractivity contribution is 0.0933. The minimum atomic E-state index is -0.221. The van der Waals surface area contributed by atoms with Crippen LogP contribution in [-0.4, -0.2) is 20.9 Å². The second kappa shape index (κ2) is 5.09. The van der Waals surface area contributed by atoms with E-state index in [4.69, 9.17) is 0 Å². The highest BCUT2D eigenvalue weighted by atomic mass is 79.9. The van der Waals surface area contributed by atoms with Crippen LogP contribution in [-0.2, 0) is 0 Å². The molecular weight excluding hydrogens is 284 g/mol. The van der Waals surface area contributed by atoms with E-state index in [1.165, 1.54) is 0 Å². The molecule has 0 fully saturated rings. The quantitative estimate of drug-likeness (QED) is 0.910. The minimum absolute atomic E-state index is 0.178. The van der Waals surface area contributed by atoms with Gasteiger partial charge in [-0.3, -0.25) is 4.79 Å². The molecule has 0 radical (unpaired) electrons. The Bertz CT molecular complexity index is 495. The summed E-state index contributed by atoms with van der Waals surface area (Å²) in [6.07, 6.45) is 4.96. The summed E-state index contributed by atoms with van der Waals surface area (Å²) in [7, 11) is 0. The Hall–Kier alpha value is -1.69. The second-order valence-electron chi connectivity index (χ2n) is 3.53. The highest BCUT2D eigenvalue weighted by Crippen LogP contribution is 2.09. The Labute approximate surface area is 107 Å². The normalized spacial score (nSPS) is 12.1. The van der Waals surface area contributed by atoms with Crippen molar-refractivity contribution in [1.29, 1.82) is 0 Å². The number of aromatic nitrogens is 3. The summed E-state index contributed by atoms with van der Waals surface area (Å²) in [5.74, 6) is 0.497. The van der Waals surface area contributed by atoms with Gasteiger partial charge in [0.15, 0.2) is 0 Å². The first-order valence-electron chi connectivity index (χ1n) is 5.08. The zero-order chi connectivity index (χ0) is 12.3. The van der Waals surface area contributed by atoms with E-state index >= 15 is 0 Å². The van der Waals surface area contributed by atoms with Crippen molar-refractivity contribution in [3.63, 3.8) is 0 Å². The number of imidazole rings is 1. The van der Waals surface area contributed by atoms with Crippen molar-refractivity contribution in [2.75, 3.05) is 0 Å². The van der Waals surface area contributed by atoms with Crippen molar-refractivity contribution < 1.29 is 4.79 Å². The third-order valence-electron chi connectivity index (χ3n) is 2.24. The topological polar surface area (TPSA) is 70.7 Å². The van der Waals surface area contributed by atoms with E-state index in [0.29, 0.717) is 5.69 Å². The Morgan fingerprint density at radius 2 is 2.29 bits per heavy atom. The van der Waals surface area contributed by atoms with Crippen molar-refractivity contribution >= 4 is 21.8 Å². The standard InChI is InChI=1S/C11H11BrN4O/c1-7(10-13-4-5-14-10)16-11(17)9-3-2-8(12)6-15-9/h2-7H,1H3,(H,13,14)(H,16,17). The van der Waals surface area contributed by atoms with Crippen LogP contribution in [0.25, 0.3) is 0 Å². The first-order valence-corrected chi connectivity index (χ1v) is 5.88. The van der Waals surface area contributed by atoms with Gasteiger partial charge in [-0.1, -0.05) is 0 Å². The number of carbonyl (C=O) groups excluding carboxylic acids is 1. The number of nitrogens with one attached hydrogen (secondary N) is 2. The Balaban J connectivity index is 2.04. The minimum Gasteiger partial charge on any atom is -0.347 e. The maximum absolute atomic E-state index is 11.8. The van der Waals surface area contributed by atoms with Crippen molar-refractivity contribution in [3.8, 4) is 0 Å². The number of nitrogens with zero attached hydrogens (tertiary/aromatic N) is 2. The number of H-pyrrole nitrogens is 1. The van der Waals surface area contributed by atoms with Crippen LogP contribution < -0.4 is 5.32 Å². The largest absolute Gasteiger partial charge is 0.347 e. The molecule has 1 amide bonds. The van der Waals surface area contributed by atoms with Crippen LogP contribution in [0.3, 0.4) is 0 Å². The molecule has 1 atom stereocenters. The van der Waals surface area contributed by atoms with E-state index in [1.54, 1.807) is 30.7 Å². The lowest BCUT2D eigenvalue weighted by Crippen LogP contribution is -2.28. The first-order chi connectivity index (χ1) is 8.16. The second-order valence-corrected chi connectivity index (χ2v) is 4.45. The summed E-state index contributed by atoms with van der Waals surface area (Å²) >= 11 is 3.27. The molecule has 0 saturated carbocycles. The molecule has 2 rings (SSSR count). The predicted molar refractivity (Wildman–Crippen MR) is 66.4 cm³/mol. The van der Waals surface area contributed by atoms with Gasteiger partial charge in [0, 0.05) is 23.1 Å². The predicted octanol–water partition coefficient (Wildman–Crippen LogP) is 2.06. The van der Waals surface area contributed by atoms with Gasteiger partial charge < -0.3 is 10.3 Å². The van der Waals surface area contributed by atoms with Crippen molar-refractivity contribution in [3.05, 3.63) is 46.7 Å². The van der Waals surface area contributed by atoms with Crippen molar-refractivity contribution in [2.24, 2.45) is 0 Å². The van der Waals surface area contributed by atoms with Crippen molar-refractivity contribution in [2.45, 2.75) is 13.0 Å². The van der Waals surface area contributed by atoms with E-state index < -0.39 is 0 Å². The van der Waals surface area contributed by atoms with Crippen LogP contribution in [0.1, 0.15) is 29.3 Å². The van der Waals surface area contributed by atoms with Crippen LogP contribution >= 0.6 is 15.9 Å². The molecule has 0 bridgehead atoms. The zero-order valence-corrected chi connectivity index (χ0v) is 10.7. The van der Waals surface area contributed by atoms with Gasteiger partial charge in [0.2, 0.25) is 0 Å². The number of carbonyl (C=O) groups is 1. The fraction of sp³-hybridized carbons (Fsp3) is 0.182. The number of hydrogen-bond acceptors (Lipinski definition) is 3. The summed E-state index contributed by atoms with van der Waals surface area (Å²) in [6, 6.07) is 3.26. The van der Waals surface area contributed by atoms with Gasteiger partial charge in [0.1, 0.15) is 11.5 Å². The molecule has 0 aromatic carbocycles. The van der Waals surface area contributed by atoms with Gasteiger partial charge in [-0.2, -0.15) is 0 Å². The molecule has 0 saturated heterocycles. The van der Waals surface area contributed by atoms with Crippen LogP contribution in [0, 0.1) is 0 Å². The number of pyridine rings is 1. The molecular formula is C11H11BrN4O. The molecule has 0 aliphatic rings. The van der Waals surface area contributed by atoms with Gasteiger partial charge in [-0.25, -0.2) is 9.97 Å². The fourth-order valence-corrected chi connectivity index (χ4v) is 1.60. The smallest absolute Gasteiger partial charge is 0.270 e. The van der Waals surface area contributed by atoms with Crippen LogP contribution in [0.4, 0.5) is 0 Å². The molecule has 0 aliphatic heterocycles. The molecule has 0 aliphatic carbocycles. The van der Waals surface area contributed by atoms with Crippen molar-refractivity contribution in [1.82, 2.24) is 20.3 Å². The number of rotatable bonds is 3. The molecule has 2 aromatic heterocycles. The van der Waals surface area contributed by atoms with E-state index in [9.17, 15) is 4.79 Å². The van der Waals surface area contributed by atoms with E-state index in [0.717, 1.165) is 10.3 Å². The Morgan fingerprint density at radius 3 is 2.88 bits per heavy atom. The summed E-state index contributed by atoms with van der Waals surface area (Å²) < 4.78 is 0.841. The zero-order valence-electron chi connectivity index (χ0n) is 9.14. The molecule has 17 heavy (non-hydrogen) atoms. The molecule has 0 spiro atoms. The SMILES string of the molecule is CC(NC(=O)c1ccc(Br)cn1)c1ncc[nH]1. The van der Waals surface area contributed by atoms with Gasteiger partial charge >= 0.3 is 0 Å². The first kappa shape index (κ1) is 11.8. The lowest BCUT2D eigenvalue weighted by atomic mass is 10.3. The number of halogens is 1. The molecule has 5 nitrogen and oxygen atoms in total. The molecule has 1 unspecified atom stereocenters. The third kappa shape index (κ3) is 2.91. The van der Waals surface area contributed by atoms with Crippen LogP contribution in [0.2, 0.25) is 0 Å². The van der Waals surface area contributed by atoms with E-state index in [1.807, 2.05) is 6.92 Å². The summed E-state index contributed by atoms with van der Waals surface area (Å²) in [5, 5.41) is 2.81. The molecule has 2 aromatic rings. The maximum Gasteiger partial charge on any atom is 0.270 e. The average Bonchev–Trinajstić information content (AvgIpc) is 2.83. The Kier molecular flexibility index (Phi) is 3.53. The monoisotopic (exact) mass is 294 g/mol. The summed E-state index contributed by atoms with van der Waals surface area (Å²) in [5.41, 5.74) is 0.381. The van der Waals surface area contributed by atoms with E-state index in [-0.39, 0.29) is 11.9 Å². The van der Waals surface area contributed by atoms with Crippen LogP contribution in [0.5, 0.6) is 0 Å². The molecule has 2 N–H and O–H groups in total. The average molecular weight is 295 g/mol. The lowest BCUT2D eigenvalue weighted by Gasteiger charge is -2.10. The van der Waals surface area contributed by atoms with Crippen LogP contribution in [0.15, 0.2) is 35.2 Å². The third-order valence-corrected chi connectivity index (χ3v) is 2.71. The summed E-state index contributed by atoms with van der Waals surface area (Å²) in [4.78, 5) is 22.9. The van der Waals surface area contributed by atoms with Gasteiger partial charge in [0.05, 0.1) is 6.04 Å². The van der Waals surface area contributed by atoms with Gasteiger partial charge in [-0.05, 0) is 35.0 Å². The van der Waals surface area contributed by atoms with Gasteiger partial charge in [-0.15, -0.1) is 0 Å². The highest BCUT2D eigenvalue weighted by molar-refractivity contribution is 9.10. The highest BCUT2D eigenvalue weighted by Gasteiger charge is 2.13. The number of amides is 1. The molecule has 6 heteroatoms. The Morgan fingerprint density at radius 1 is 1.47 bits per heavy atom. The number of aromatic amines is 1. The molecule has 2 heterocycles. The number of hydrogen-bond donors (Lipinski definition) is 2.